The molecule has 0 saturated heterocycles. The van der Waals surface area contributed by atoms with Gasteiger partial charge in [0.1, 0.15) is 6.04 Å². The molecule has 0 rings (SSSR count). The van der Waals surface area contributed by atoms with Gasteiger partial charge in [-0.1, -0.05) is 12.8 Å². The Kier molecular flexibility index (Phi) is 6.54. The molecule has 78 valence electrons. The van der Waals surface area contributed by atoms with Crippen LogP contribution in [-0.4, -0.2) is 30.2 Å². The summed E-state index contributed by atoms with van der Waals surface area (Å²) in [5.74, 6) is -0.901. The molecule has 0 fully saturated rings. The van der Waals surface area contributed by atoms with Crippen LogP contribution >= 0.6 is 0 Å². The van der Waals surface area contributed by atoms with Gasteiger partial charge < -0.3 is 16.2 Å². The predicted octanol–water partition coefficient (Wildman–Crippen LogP) is 0.567. The van der Waals surface area contributed by atoms with E-state index in [-0.39, 0.29) is 0 Å². The van der Waals surface area contributed by atoms with Crippen molar-refractivity contribution in [3.63, 3.8) is 0 Å². The summed E-state index contributed by atoms with van der Waals surface area (Å²) in [6.45, 7) is 2.11. The highest BCUT2D eigenvalue weighted by atomic mass is 16.4. The van der Waals surface area contributed by atoms with Crippen molar-refractivity contribution in [2.24, 2.45) is 5.73 Å². The first-order valence-corrected chi connectivity index (χ1v) is 4.73. The number of nitrogens with one attached hydrogen (secondary N) is 1. The first-order chi connectivity index (χ1) is 6.07. The van der Waals surface area contributed by atoms with Crippen molar-refractivity contribution in [3.8, 4) is 0 Å². The van der Waals surface area contributed by atoms with Crippen LogP contribution in [-0.2, 0) is 4.79 Å². The van der Waals surface area contributed by atoms with Gasteiger partial charge in [-0.3, -0.25) is 4.79 Å². The number of unbranched alkanes of at least 4 members (excludes halogenated alkanes) is 1. The molecule has 0 aromatic carbocycles. The molecule has 0 bridgehead atoms. The van der Waals surface area contributed by atoms with Crippen LogP contribution in [0, 0.1) is 0 Å². The molecule has 0 aliphatic heterocycles. The molecule has 0 saturated carbocycles. The summed E-state index contributed by atoms with van der Waals surface area (Å²) in [6.07, 6.45) is 3.57. The molecule has 4 heteroatoms. The van der Waals surface area contributed by atoms with E-state index in [1.54, 1.807) is 0 Å². The first kappa shape index (κ1) is 12.4. The van der Waals surface area contributed by atoms with Gasteiger partial charge in [-0.25, -0.2) is 0 Å². The lowest BCUT2D eigenvalue weighted by molar-refractivity contribution is -0.138. The Morgan fingerprint density at radius 1 is 1.46 bits per heavy atom. The lowest BCUT2D eigenvalue weighted by atomic mass is 10.1. The third-order valence-corrected chi connectivity index (χ3v) is 2.21. The SMILES string of the molecule is CN[C@H](C)CCCC[C@@H](N)C(=O)O. The van der Waals surface area contributed by atoms with E-state index in [2.05, 4.69) is 12.2 Å². The van der Waals surface area contributed by atoms with Gasteiger partial charge in [0.2, 0.25) is 0 Å². The topological polar surface area (TPSA) is 75.3 Å². The Morgan fingerprint density at radius 2 is 2.00 bits per heavy atom. The average Bonchev–Trinajstić information content (AvgIpc) is 2.11. The summed E-state index contributed by atoms with van der Waals surface area (Å²) in [5.41, 5.74) is 5.35. The van der Waals surface area contributed by atoms with Crippen LogP contribution in [0.5, 0.6) is 0 Å². The van der Waals surface area contributed by atoms with Crippen molar-refractivity contribution >= 4 is 5.97 Å². The molecule has 0 radical (unpaired) electrons. The predicted molar refractivity (Wildman–Crippen MR) is 52.6 cm³/mol. The Balaban J connectivity index is 3.30. The van der Waals surface area contributed by atoms with Crippen LogP contribution in [0.3, 0.4) is 0 Å². The van der Waals surface area contributed by atoms with E-state index < -0.39 is 12.0 Å². The molecule has 0 aliphatic carbocycles. The molecule has 2 atom stereocenters. The number of nitrogens with two attached hydrogens (primary N) is 1. The van der Waals surface area contributed by atoms with E-state index >= 15 is 0 Å². The zero-order chi connectivity index (χ0) is 10.3. The lowest BCUT2D eigenvalue weighted by Crippen LogP contribution is -2.29. The van der Waals surface area contributed by atoms with Crippen LogP contribution in [0.25, 0.3) is 0 Å². The number of aliphatic carboxylic acids is 1. The third-order valence-electron chi connectivity index (χ3n) is 2.21. The molecular formula is C9H20N2O2. The molecule has 4 N–H and O–H groups in total. The Bertz CT molecular complexity index is 151. The molecule has 0 aromatic rings. The highest BCUT2D eigenvalue weighted by molar-refractivity contribution is 5.72. The molecule has 0 aromatic heterocycles. The molecule has 13 heavy (non-hydrogen) atoms. The van der Waals surface area contributed by atoms with E-state index in [9.17, 15) is 4.79 Å². The normalized spacial score (nSPS) is 15.3. The van der Waals surface area contributed by atoms with E-state index in [0.717, 1.165) is 19.3 Å². The van der Waals surface area contributed by atoms with Gasteiger partial charge in [-0.15, -0.1) is 0 Å². The second-order valence-corrected chi connectivity index (χ2v) is 3.42. The van der Waals surface area contributed by atoms with Crippen molar-refractivity contribution in [2.45, 2.75) is 44.7 Å². The molecular weight excluding hydrogens is 168 g/mol. The van der Waals surface area contributed by atoms with E-state index in [1.807, 2.05) is 7.05 Å². The summed E-state index contributed by atoms with van der Waals surface area (Å²) in [5, 5.41) is 11.6. The van der Waals surface area contributed by atoms with Crippen LogP contribution in [0.1, 0.15) is 32.6 Å². The van der Waals surface area contributed by atoms with E-state index in [1.165, 1.54) is 0 Å². The van der Waals surface area contributed by atoms with Crippen molar-refractivity contribution in [1.29, 1.82) is 0 Å². The minimum absolute atomic E-state index is 0.501. The minimum atomic E-state index is -0.901. The minimum Gasteiger partial charge on any atom is -0.480 e. The van der Waals surface area contributed by atoms with Gasteiger partial charge >= 0.3 is 5.97 Å². The van der Waals surface area contributed by atoms with Crippen LogP contribution in [0.4, 0.5) is 0 Å². The largest absolute Gasteiger partial charge is 0.480 e. The summed E-state index contributed by atoms with van der Waals surface area (Å²) in [4.78, 5) is 10.3. The molecule has 4 nitrogen and oxygen atoms in total. The average molecular weight is 188 g/mol. The maximum absolute atomic E-state index is 10.3. The highest BCUT2D eigenvalue weighted by Gasteiger charge is 2.10. The zero-order valence-corrected chi connectivity index (χ0v) is 8.42. The summed E-state index contributed by atoms with van der Waals surface area (Å²) < 4.78 is 0. The van der Waals surface area contributed by atoms with Crippen LogP contribution < -0.4 is 11.1 Å². The Hall–Kier alpha value is -0.610. The molecule has 0 unspecified atom stereocenters. The molecule has 0 spiro atoms. The van der Waals surface area contributed by atoms with Crippen molar-refractivity contribution in [2.75, 3.05) is 7.05 Å². The van der Waals surface area contributed by atoms with Gasteiger partial charge in [0.25, 0.3) is 0 Å². The quantitative estimate of drug-likeness (QED) is 0.510. The maximum atomic E-state index is 10.3. The fourth-order valence-corrected chi connectivity index (χ4v) is 1.08. The lowest BCUT2D eigenvalue weighted by Gasteiger charge is -2.10. The smallest absolute Gasteiger partial charge is 0.320 e. The third kappa shape index (κ3) is 6.54. The standard InChI is InChI=1S/C9H20N2O2/c1-7(11-2)5-3-4-6-8(10)9(12)13/h7-8,11H,3-6,10H2,1-2H3,(H,12,13)/t7-,8-/m1/s1. The second-order valence-electron chi connectivity index (χ2n) is 3.42. The van der Waals surface area contributed by atoms with E-state index in [0.29, 0.717) is 12.5 Å². The fourth-order valence-electron chi connectivity index (χ4n) is 1.08. The van der Waals surface area contributed by atoms with Crippen molar-refractivity contribution < 1.29 is 9.90 Å². The van der Waals surface area contributed by atoms with Gasteiger partial charge in [-0.2, -0.15) is 0 Å². The number of carboxylic acid groups (broad SMARTS) is 1. The monoisotopic (exact) mass is 188 g/mol. The van der Waals surface area contributed by atoms with Gasteiger partial charge in [0, 0.05) is 6.04 Å². The van der Waals surface area contributed by atoms with Gasteiger partial charge in [0.15, 0.2) is 0 Å². The zero-order valence-electron chi connectivity index (χ0n) is 8.42. The second kappa shape index (κ2) is 6.86. The molecule has 0 aliphatic rings. The highest BCUT2D eigenvalue weighted by Crippen LogP contribution is 2.04. The molecule has 0 heterocycles. The number of rotatable bonds is 7. The van der Waals surface area contributed by atoms with Gasteiger partial charge in [-0.05, 0) is 26.8 Å². The fraction of sp³-hybridized carbons (Fsp3) is 0.889. The number of hydrogen-bond acceptors (Lipinski definition) is 3. The number of hydrogen-bond donors (Lipinski definition) is 3. The number of carboxylic acids is 1. The van der Waals surface area contributed by atoms with Crippen molar-refractivity contribution in [3.05, 3.63) is 0 Å². The Morgan fingerprint density at radius 3 is 2.46 bits per heavy atom. The first-order valence-electron chi connectivity index (χ1n) is 4.73. The Labute approximate surface area is 79.5 Å². The maximum Gasteiger partial charge on any atom is 0.320 e. The van der Waals surface area contributed by atoms with Gasteiger partial charge in [0.05, 0.1) is 0 Å². The van der Waals surface area contributed by atoms with E-state index in [4.69, 9.17) is 10.8 Å². The molecule has 0 amide bonds. The van der Waals surface area contributed by atoms with Crippen molar-refractivity contribution in [1.82, 2.24) is 5.32 Å². The summed E-state index contributed by atoms with van der Waals surface area (Å²) >= 11 is 0. The number of carbonyl (C=O) groups is 1. The summed E-state index contributed by atoms with van der Waals surface area (Å²) in [7, 11) is 1.92. The van der Waals surface area contributed by atoms with Crippen LogP contribution in [0.2, 0.25) is 0 Å². The summed E-state index contributed by atoms with van der Waals surface area (Å²) in [6, 6.07) is -0.189. The van der Waals surface area contributed by atoms with Crippen LogP contribution in [0.15, 0.2) is 0 Å².